The molecule has 39 heavy (non-hydrogen) atoms. The van der Waals surface area contributed by atoms with Gasteiger partial charge in [-0.2, -0.15) is 10.1 Å². The van der Waals surface area contributed by atoms with Crippen LogP contribution in [0.3, 0.4) is 0 Å². The first-order valence-electron chi connectivity index (χ1n) is 13.1. The van der Waals surface area contributed by atoms with Crippen LogP contribution in [0.2, 0.25) is 0 Å². The smallest absolute Gasteiger partial charge is 0.265 e. The number of ether oxygens (including phenoxy) is 2. The summed E-state index contributed by atoms with van der Waals surface area (Å²) >= 11 is 3.45. The lowest BCUT2D eigenvalue weighted by atomic mass is 10.2. The van der Waals surface area contributed by atoms with Crippen LogP contribution in [-0.4, -0.2) is 33.1 Å². The molecule has 0 saturated carbocycles. The SMILES string of the molecule is CCCCCCn1c2ccccc2c2nnc(N/N=C/c3ccc(OCc4ccc(Br)cc4)c(OC)c3)nc21. The summed E-state index contributed by atoms with van der Waals surface area (Å²) < 4.78 is 14.8. The quantitative estimate of drug-likeness (QED) is 0.0933. The maximum Gasteiger partial charge on any atom is 0.265 e. The molecule has 0 unspecified atom stereocenters. The van der Waals surface area contributed by atoms with Crippen LogP contribution in [0.4, 0.5) is 5.95 Å². The van der Waals surface area contributed by atoms with Crippen LogP contribution < -0.4 is 14.9 Å². The molecule has 8 nitrogen and oxygen atoms in total. The van der Waals surface area contributed by atoms with Gasteiger partial charge in [0.05, 0.1) is 18.8 Å². The molecule has 5 aromatic rings. The molecule has 5 rings (SSSR count). The Morgan fingerprint density at radius 3 is 2.64 bits per heavy atom. The first-order chi connectivity index (χ1) is 19.2. The fourth-order valence-electron chi connectivity index (χ4n) is 4.46. The molecule has 2 heterocycles. The van der Waals surface area contributed by atoms with Crippen LogP contribution in [0.25, 0.3) is 22.1 Å². The first kappa shape index (κ1) is 26.6. The largest absolute Gasteiger partial charge is 0.493 e. The summed E-state index contributed by atoms with van der Waals surface area (Å²) in [7, 11) is 1.62. The van der Waals surface area contributed by atoms with E-state index in [0.717, 1.165) is 50.6 Å². The van der Waals surface area contributed by atoms with Crippen molar-refractivity contribution >= 4 is 50.2 Å². The number of hydrogen-bond acceptors (Lipinski definition) is 7. The molecule has 0 spiro atoms. The maximum atomic E-state index is 5.97. The van der Waals surface area contributed by atoms with Gasteiger partial charge in [-0.25, -0.2) is 5.43 Å². The Kier molecular flexibility index (Phi) is 8.68. The number of benzene rings is 3. The summed E-state index contributed by atoms with van der Waals surface area (Å²) in [6.45, 7) is 3.56. The summed E-state index contributed by atoms with van der Waals surface area (Å²) in [5, 5.41) is 14.2. The number of hydrogen-bond donors (Lipinski definition) is 1. The van der Waals surface area contributed by atoms with Crippen molar-refractivity contribution in [3.05, 3.63) is 82.3 Å². The number of nitrogens with zero attached hydrogens (tertiary/aromatic N) is 5. The van der Waals surface area contributed by atoms with Gasteiger partial charge in [0.1, 0.15) is 12.1 Å². The monoisotopic (exact) mass is 586 g/mol. The molecule has 0 fully saturated rings. The van der Waals surface area contributed by atoms with E-state index < -0.39 is 0 Å². The fourth-order valence-corrected chi connectivity index (χ4v) is 4.73. The van der Waals surface area contributed by atoms with Gasteiger partial charge >= 0.3 is 0 Å². The van der Waals surface area contributed by atoms with Crippen LogP contribution >= 0.6 is 15.9 Å². The average molecular weight is 588 g/mol. The van der Waals surface area contributed by atoms with E-state index in [4.69, 9.17) is 14.5 Å². The second kappa shape index (κ2) is 12.7. The van der Waals surface area contributed by atoms with Crippen molar-refractivity contribution in [2.75, 3.05) is 12.5 Å². The number of para-hydroxylation sites is 1. The molecule has 0 bridgehead atoms. The lowest BCUT2D eigenvalue weighted by molar-refractivity contribution is 0.284. The number of hydrazone groups is 1. The normalized spacial score (nSPS) is 11.5. The first-order valence-corrected chi connectivity index (χ1v) is 13.9. The number of nitrogens with one attached hydrogen (secondary N) is 1. The highest BCUT2D eigenvalue weighted by molar-refractivity contribution is 9.10. The van der Waals surface area contributed by atoms with Gasteiger partial charge in [-0.05, 0) is 53.9 Å². The molecular weight excluding hydrogens is 556 g/mol. The van der Waals surface area contributed by atoms with E-state index >= 15 is 0 Å². The van der Waals surface area contributed by atoms with E-state index in [-0.39, 0.29) is 0 Å². The van der Waals surface area contributed by atoms with Gasteiger partial charge < -0.3 is 14.0 Å². The van der Waals surface area contributed by atoms with Crippen molar-refractivity contribution in [1.82, 2.24) is 19.7 Å². The van der Waals surface area contributed by atoms with Gasteiger partial charge in [-0.15, -0.1) is 10.2 Å². The van der Waals surface area contributed by atoms with Gasteiger partial charge in [0, 0.05) is 16.4 Å². The summed E-state index contributed by atoms with van der Waals surface area (Å²) in [5.74, 6) is 1.64. The Labute approximate surface area is 236 Å². The van der Waals surface area contributed by atoms with Crippen molar-refractivity contribution in [3.8, 4) is 11.5 Å². The van der Waals surface area contributed by atoms with Crippen molar-refractivity contribution in [3.63, 3.8) is 0 Å². The van der Waals surface area contributed by atoms with E-state index in [2.05, 4.69) is 60.3 Å². The van der Waals surface area contributed by atoms with Crippen LogP contribution in [0.5, 0.6) is 11.5 Å². The summed E-state index contributed by atoms with van der Waals surface area (Å²) in [6.07, 6.45) is 6.41. The van der Waals surface area contributed by atoms with Crippen molar-refractivity contribution in [1.29, 1.82) is 0 Å². The number of halogens is 1. The number of aryl methyl sites for hydroxylation is 1. The maximum absolute atomic E-state index is 5.97. The molecule has 0 radical (unpaired) electrons. The standard InChI is InChI=1S/C30H31BrN6O2/c1-3-4-5-8-17-37-25-10-7-6-9-24(25)28-29(37)33-30(36-34-28)35-32-19-22-13-16-26(27(18-22)38-2)39-20-21-11-14-23(31)15-12-21/h6-7,9-16,18-19H,3-5,8,17,20H2,1-2H3,(H,33,35,36)/b32-19+. The van der Waals surface area contributed by atoms with Gasteiger partial charge in [-0.3, -0.25) is 0 Å². The Bertz CT molecular complexity index is 1580. The van der Waals surface area contributed by atoms with Crippen molar-refractivity contribution < 1.29 is 9.47 Å². The zero-order valence-electron chi connectivity index (χ0n) is 22.1. The summed E-state index contributed by atoms with van der Waals surface area (Å²) in [5.41, 5.74) is 7.59. The molecule has 0 saturated heterocycles. The zero-order valence-corrected chi connectivity index (χ0v) is 23.7. The number of fused-ring (bicyclic) bond motifs is 3. The highest BCUT2D eigenvalue weighted by Crippen LogP contribution is 2.29. The second-order valence-corrected chi connectivity index (χ2v) is 10.1. The third-order valence-corrected chi connectivity index (χ3v) is 7.01. The fraction of sp³-hybridized carbons (Fsp3) is 0.267. The van der Waals surface area contributed by atoms with Crippen LogP contribution in [0, 0.1) is 0 Å². The third-order valence-electron chi connectivity index (χ3n) is 6.48. The topological polar surface area (TPSA) is 86.5 Å². The molecule has 0 aliphatic heterocycles. The average Bonchev–Trinajstić information content (AvgIpc) is 3.28. The summed E-state index contributed by atoms with van der Waals surface area (Å²) in [4.78, 5) is 4.77. The Hall–Kier alpha value is -3.98. The predicted molar refractivity (Wildman–Crippen MR) is 160 cm³/mol. The Morgan fingerprint density at radius 2 is 1.82 bits per heavy atom. The third kappa shape index (κ3) is 6.37. The predicted octanol–water partition coefficient (Wildman–Crippen LogP) is 7.36. The number of aromatic nitrogens is 4. The minimum atomic E-state index is 0.345. The molecule has 2 aromatic heterocycles. The molecule has 9 heteroatoms. The van der Waals surface area contributed by atoms with Crippen LogP contribution in [0.1, 0.15) is 43.7 Å². The lowest BCUT2D eigenvalue weighted by Gasteiger charge is -2.11. The van der Waals surface area contributed by atoms with Crippen molar-refractivity contribution in [2.45, 2.75) is 45.8 Å². The molecule has 3 aromatic carbocycles. The summed E-state index contributed by atoms with van der Waals surface area (Å²) in [6, 6.07) is 21.9. The van der Waals surface area contributed by atoms with E-state index in [1.807, 2.05) is 54.6 Å². The van der Waals surface area contributed by atoms with Gasteiger partial charge in [0.25, 0.3) is 5.95 Å². The van der Waals surface area contributed by atoms with Gasteiger partial charge in [-0.1, -0.05) is 72.4 Å². The molecule has 1 N–H and O–H groups in total. The van der Waals surface area contributed by atoms with Gasteiger partial charge in [0.2, 0.25) is 0 Å². The number of methoxy groups -OCH3 is 1. The lowest BCUT2D eigenvalue weighted by Crippen LogP contribution is -2.03. The zero-order chi connectivity index (χ0) is 27.0. The van der Waals surface area contributed by atoms with E-state index in [9.17, 15) is 0 Å². The molecule has 200 valence electrons. The number of unbranched alkanes of at least 4 members (excludes halogenated alkanes) is 3. The number of rotatable bonds is 12. The van der Waals surface area contributed by atoms with E-state index in [0.29, 0.717) is 24.1 Å². The Morgan fingerprint density at radius 1 is 0.974 bits per heavy atom. The van der Waals surface area contributed by atoms with Gasteiger partial charge in [0.15, 0.2) is 17.1 Å². The Balaban J connectivity index is 1.30. The molecule has 0 atom stereocenters. The number of anilines is 1. The molecule has 0 aliphatic rings. The van der Waals surface area contributed by atoms with E-state index in [1.165, 1.54) is 19.3 Å². The molecule has 0 amide bonds. The van der Waals surface area contributed by atoms with Crippen LogP contribution in [-0.2, 0) is 13.2 Å². The molecular formula is C30H31BrN6O2. The van der Waals surface area contributed by atoms with Crippen LogP contribution in [0.15, 0.2) is 76.3 Å². The second-order valence-electron chi connectivity index (χ2n) is 9.23. The highest BCUT2D eigenvalue weighted by Gasteiger charge is 2.14. The highest BCUT2D eigenvalue weighted by atomic mass is 79.9. The minimum absolute atomic E-state index is 0.345. The minimum Gasteiger partial charge on any atom is -0.493 e. The van der Waals surface area contributed by atoms with Crippen molar-refractivity contribution in [2.24, 2.45) is 5.10 Å². The molecule has 0 aliphatic carbocycles. The van der Waals surface area contributed by atoms with E-state index in [1.54, 1.807) is 13.3 Å².